The molecular formula is C12H15BrFN. The highest BCUT2D eigenvalue weighted by atomic mass is 79.9. The molecule has 82 valence electrons. The van der Waals surface area contributed by atoms with Crippen molar-refractivity contribution < 1.29 is 4.39 Å². The molecule has 0 fully saturated rings. The SMILES string of the molecule is C=C(C)CCC(N)c1cccc(Br)c1F. The van der Waals surface area contributed by atoms with Gasteiger partial charge in [0.1, 0.15) is 5.82 Å². The second-order valence-corrected chi connectivity index (χ2v) is 4.60. The van der Waals surface area contributed by atoms with Crippen molar-refractivity contribution in [3.63, 3.8) is 0 Å². The zero-order valence-electron chi connectivity index (χ0n) is 8.76. The molecule has 3 heteroatoms. The fourth-order valence-electron chi connectivity index (χ4n) is 1.36. The van der Waals surface area contributed by atoms with Gasteiger partial charge >= 0.3 is 0 Å². The Morgan fingerprint density at radius 1 is 1.60 bits per heavy atom. The minimum atomic E-state index is -0.265. The van der Waals surface area contributed by atoms with Crippen molar-refractivity contribution >= 4 is 15.9 Å². The third kappa shape index (κ3) is 3.43. The van der Waals surface area contributed by atoms with Gasteiger partial charge in [0.2, 0.25) is 0 Å². The standard InChI is InChI=1S/C12H15BrFN/c1-8(2)6-7-11(15)9-4-3-5-10(13)12(9)14/h3-5,11H,1,6-7,15H2,2H3. The van der Waals surface area contributed by atoms with Crippen molar-refractivity contribution in [3.8, 4) is 0 Å². The second kappa shape index (κ2) is 5.42. The number of rotatable bonds is 4. The molecule has 1 aromatic carbocycles. The predicted molar refractivity (Wildman–Crippen MR) is 65.1 cm³/mol. The molecule has 1 unspecified atom stereocenters. The summed E-state index contributed by atoms with van der Waals surface area (Å²) in [5, 5.41) is 0. The summed E-state index contributed by atoms with van der Waals surface area (Å²) < 4.78 is 14.1. The van der Waals surface area contributed by atoms with Gasteiger partial charge in [-0.15, -0.1) is 6.58 Å². The average molecular weight is 272 g/mol. The second-order valence-electron chi connectivity index (χ2n) is 3.75. The lowest BCUT2D eigenvalue weighted by Crippen LogP contribution is -2.12. The van der Waals surface area contributed by atoms with Crippen molar-refractivity contribution in [2.75, 3.05) is 0 Å². The molecule has 1 rings (SSSR count). The molecule has 0 spiro atoms. The lowest BCUT2D eigenvalue weighted by atomic mass is 10.0. The minimum Gasteiger partial charge on any atom is -0.324 e. The first-order valence-corrected chi connectivity index (χ1v) is 5.65. The minimum absolute atomic E-state index is 0.258. The van der Waals surface area contributed by atoms with Crippen LogP contribution in [0.4, 0.5) is 4.39 Å². The van der Waals surface area contributed by atoms with Crippen LogP contribution in [-0.2, 0) is 0 Å². The van der Waals surface area contributed by atoms with Gasteiger partial charge in [-0.3, -0.25) is 0 Å². The zero-order chi connectivity index (χ0) is 11.4. The Morgan fingerprint density at radius 3 is 2.87 bits per heavy atom. The molecule has 0 bridgehead atoms. The number of halogens is 2. The maximum absolute atomic E-state index is 13.6. The highest BCUT2D eigenvalue weighted by Gasteiger charge is 2.12. The molecule has 1 atom stereocenters. The van der Waals surface area contributed by atoms with E-state index >= 15 is 0 Å². The largest absolute Gasteiger partial charge is 0.324 e. The molecular weight excluding hydrogens is 257 g/mol. The number of nitrogens with two attached hydrogens (primary N) is 1. The maximum atomic E-state index is 13.6. The van der Waals surface area contributed by atoms with Gasteiger partial charge in [0.25, 0.3) is 0 Å². The van der Waals surface area contributed by atoms with Crippen molar-refractivity contribution in [1.82, 2.24) is 0 Å². The molecule has 0 aliphatic heterocycles. The van der Waals surface area contributed by atoms with E-state index < -0.39 is 0 Å². The van der Waals surface area contributed by atoms with E-state index in [9.17, 15) is 4.39 Å². The van der Waals surface area contributed by atoms with Crippen LogP contribution in [0.2, 0.25) is 0 Å². The van der Waals surface area contributed by atoms with Gasteiger partial charge in [-0.1, -0.05) is 17.7 Å². The van der Waals surface area contributed by atoms with E-state index in [1.807, 2.05) is 6.92 Å². The predicted octanol–water partition coefficient (Wildman–Crippen LogP) is 3.94. The fraction of sp³-hybridized carbons (Fsp3) is 0.333. The van der Waals surface area contributed by atoms with E-state index in [2.05, 4.69) is 22.5 Å². The van der Waals surface area contributed by atoms with Gasteiger partial charge < -0.3 is 5.73 Å². The van der Waals surface area contributed by atoms with E-state index in [0.29, 0.717) is 10.0 Å². The lowest BCUT2D eigenvalue weighted by molar-refractivity contribution is 0.559. The van der Waals surface area contributed by atoms with Crippen LogP contribution in [0, 0.1) is 5.82 Å². The summed E-state index contributed by atoms with van der Waals surface area (Å²) in [5.74, 6) is -0.258. The summed E-state index contributed by atoms with van der Waals surface area (Å²) in [6.07, 6.45) is 1.55. The van der Waals surface area contributed by atoms with E-state index in [1.165, 1.54) is 0 Å². The van der Waals surface area contributed by atoms with Gasteiger partial charge in [-0.2, -0.15) is 0 Å². The first-order chi connectivity index (χ1) is 7.02. The molecule has 0 aromatic heterocycles. The first-order valence-electron chi connectivity index (χ1n) is 4.86. The molecule has 0 heterocycles. The Hall–Kier alpha value is -0.670. The molecule has 0 saturated carbocycles. The van der Waals surface area contributed by atoms with Gasteiger partial charge in [0, 0.05) is 11.6 Å². The average Bonchev–Trinajstić information content (AvgIpc) is 2.18. The summed E-state index contributed by atoms with van der Waals surface area (Å²) in [6, 6.07) is 4.93. The molecule has 1 nitrogen and oxygen atoms in total. The summed E-state index contributed by atoms with van der Waals surface area (Å²) in [4.78, 5) is 0. The van der Waals surface area contributed by atoms with E-state index in [4.69, 9.17) is 5.73 Å². The fourth-order valence-corrected chi connectivity index (χ4v) is 1.75. The molecule has 0 amide bonds. The van der Waals surface area contributed by atoms with Crippen LogP contribution in [0.3, 0.4) is 0 Å². The van der Waals surface area contributed by atoms with Crippen LogP contribution in [0.1, 0.15) is 31.4 Å². The molecule has 15 heavy (non-hydrogen) atoms. The van der Waals surface area contributed by atoms with Crippen LogP contribution in [0.25, 0.3) is 0 Å². The van der Waals surface area contributed by atoms with Crippen molar-refractivity contribution in [1.29, 1.82) is 0 Å². The van der Waals surface area contributed by atoms with E-state index in [-0.39, 0.29) is 11.9 Å². The molecule has 0 aliphatic rings. The Labute approximate surface area is 98.3 Å². The van der Waals surface area contributed by atoms with Gasteiger partial charge in [0.05, 0.1) is 4.47 Å². The number of benzene rings is 1. The number of hydrogen-bond acceptors (Lipinski definition) is 1. The maximum Gasteiger partial charge on any atom is 0.142 e. The van der Waals surface area contributed by atoms with Crippen molar-refractivity contribution in [2.24, 2.45) is 5.73 Å². The van der Waals surface area contributed by atoms with E-state index in [0.717, 1.165) is 18.4 Å². The topological polar surface area (TPSA) is 26.0 Å². The van der Waals surface area contributed by atoms with Crippen molar-refractivity contribution in [3.05, 3.63) is 46.2 Å². The van der Waals surface area contributed by atoms with Crippen molar-refractivity contribution in [2.45, 2.75) is 25.8 Å². The summed E-state index contributed by atoms with van der Waals surface area (Å²) in [7, 11) is 0. The summed E-state index contributed by atoms with van der Waals surface area (Å²) in [5.41, 5.74) is 7.54. The molecule has 2 N–H and O–H groups in total. The molecule has 0 radical (unpaired) electrons. The normalized spacial score (nSPS) is 12.5. The highest BCUT2D eigenvalue weighted by molar-refractivity contribution is 9.10. The molecule has 1 aromatic rings. The monoisotopic (exact) mass is 271 g/mol. The lowest BCUT2D eigenvalue weighted by Gasteiger charge is -2.13. The Morgan fingerprint density at radius 2 is 2.27 bits per heavy atom. The summed E-state index contributed by atoms with van der Waals surface area (Å²) in [6.45, 7) is 5.75. The zero-order valence-corrected chi connectivity index (χ0v) is 10.3. The highest BCUT2D eigenvalue weighted by Crippen LogP contribution is 2.25. The van der Waals surface area contributed by atoms with Gasteiger partial charge in [-0.25, -0.2) is 4.39 Å². The van der Waals surface area contributed by atoms with Gasteiger partial charge in [-0.05, 0) is 41.8 Å². The third-order valence-corrected chi connectivity index (χ3v) is 2.88. The molecule has 0 saturated heterocycles. The number of hydrogen-bond donors (Lipinski definition) is 1. The van der Waals surface area contributed by atoms with Crippen LogP contribution in [-0.4, -0.2) is 0 Å². The number of allylic oxidation sites excluding steroid dienone is 1. The Bertz CT molecular complexity index is 363. The van der Waals surface area contributed by atoms with Crippen LogP contribution >= 0.6 is 15.9 Å². The van der Waals surface area contributed by atoms with Crippen LogP contribution in [0.15, 0.2) is 34.8 Å². The third-order valence-electron chi connectivity index (χ3n) is 2.26. The Balaban J connectivity index is 2.77. The quantitative estimate of drug-likeness (QED) is 0.825. The first kappa shape index (κ1) is 12.4. The van der Waals surface area contributed by atoms with Gasteiger partial charge in [0.15, 0.2) is 0 Å². The van der Waals surface area contributed by atoms with E-state index in [1.54, 1.807) is 18.2 Å². The van der Waals surface area contributed by atoms with Crippen LogP contribution < -0.4 is 5.73 Å². The van der Waals surface area contributed by atoms with Crippen LogP contribution in [0.5, 0.6) is 0 Å². The smallest absolute Gasteiger partial charge is 0.142 e. The Kier molecular flexibility index (Phi) is 4.48. The molecule has 0 aliphatic carbocycles. The summed E-state index contributed by atoms with van der Waals surface area (Å²) >= 11 is 3.15.